The number of carboxylic acid groups (broad SMARTS) is 1. The molecule has 1 saturated carbocycles. The first-order valence-corrected chi connectivity index (χ1v) is 7.74. The molecule has 5 nitrogen and oxygen atoms in total. The molecule has 0 spiro atoms. The van der Waals surface area contributed by atoms with Crippen molar-refractivity contribution in [2.75, 3.05) is 0 Å². The zero-order valence-electron chi connectivity index (χ0n) is 12.9. The van der Waals surface area contributed by atoms with Crippen molar-refractivity contribution in [2.24, 2.45) is 0 Å². The van der Waals surface area contributed by atoms with E-state index >= 15 is 0 Å². The Labute approximate surface area is 128 Å². The van der Waals surface area contributed by atoms with E-state index in [0.29, 0.717) is 11.3 Å². The summed E-state index contributed by atoms with van der Waals surface area (Å²) in [5.74, 6) is -0.347. The largest absolute Gasteiger partial charge is 0.480 e. The maximum absolute atomic E-state index is 12.4. The maximum Gasteiger partial charge on any atom is 0.325 e. The molecule has 0 amide bonds. The number of rotatable bonds is 4. The van der Waals surface area contributed by atoms with Gasteiger partial charge in [0.05, 0.1) is 11.1 Å². The lowest BCUT2D eigenvalue weighted by molar-refractivity contribution is -0.138. The molecule has 3 rings (SSSR count). The summed E-state index contributed by atoms with van der Waals surface area (Å²) in [5, 5.41) is 14.7. The first-order chi connectivity index (χ1) is 10.5. The molecule has 1 aromatic heterocycles. The third-order valence-corrected chi connectivity index (χ3v) is 4.42. The van der Waals surface area contributed by atoms with Crippen LogP contribution < -0.4 is 5.56 Å². The standard InChI is InChI=1S/C17H20N2O3/c1-10(2)16-14-8-12(11-4-3-5-11)6-7-13(14)17(22)19(18-16)9-15(20)21/h6-8,10-11H,3-5,9H2,1-2H3,(H,20,21). The Morgan fingerprint density at radius 2 is 2.09 bits per heavy atom. The lowest BCUT2D eigenvalue weighted by Crippen LogP contribution is -2.28. The SMILES string of the molecule is CC(C)c1nn(CC(=O)O)c(=O)c2ccc(C3CCC3)cc12. The Balaban J connectivity index is 2.21. The molecule has 0 radical (unpaired) electrons. The van der Waals surface area contributed by atoms with Gasteiger partial charge < -0.3 is 5.11 Å². The van der Waals surface area contributed by atoms with Gasteiger partial charge in [0.15, 0.2) is 0 Å². The number of fused-ring (bicyclic) bond motifs is 1. The minimum Gasteiger partial charge on any atom is -0.480 e. The predicted octanol–water partition coefficient (Wildman–Crippen LogP) is 2.87. The molecular weight excluding hydrogens is 280 g/mol. The molecule has 22 heavy (non-hydrogen) atoms. The fourth-order valence-corrected chi connectivity index (χ4v) is 2.99. The van der Waals surface area contributed by atoms with Gasteiger partial charge in [-0.05, 0) is 42.4 Å². The van der Waals surface area contributed by atoms with Gasteiger partial charge in [-0.3, -0.25) is 9.59 Å². The van der Waals surface area contributed by atoms with Crippen LogP contribution in [0.3, 0.4) is 0 Å². The molecule has 1 N–H and O–H groups in total. The van der Waals surface area contributed by atoms with Gasteiger partial charge in [-0.25, -0.2) is 4.68 Å². The Bertz CT molecular complexity index is 788. The molecule has 0 bridgehead atoms. The van der Waals surface area contributed by atoms with Crippen LogP contribution in [0.1, 0.15) is 56.2 Å². The van der Waals surface area contributed by atoms with Crippen molar-refractivity contribution in [2.45, 2.75) is 51.5 Å². The Hall–Kier alpha value is -2.17. The molecule has 0 saturated heterocycles. The molecule has 0 unspecified atom stereocenters. The van der Waals surface area contributed by atoms with Gasteiger partial charge in [0.1, 0.15) is 6.54 Å². The molecule has 0 atom stereocenters. The van der Waals surface area contributed by atoms with Crippen molar-refractivity contribution in [1.82, 2.24) is 9.78 Å². The molecule has 1 aliphatic rings. The lowest BCUT2D eigenvalue weighted by Gasteiger charge is -2.26. The number of aliphatic carboxylic acids is 1. The van der Waals surface area contributed by atoms with Gasteiger partial charge in [0.25, 0.3) is 5.56 Å². The first kappa shape index (κ1) is 14.8. The summed E-state index contributed by atoms with van der Waals surface area (Å²) in [7, 11) is 0. The van der Waals surface area contributed by atoms with E-state index in [4.69, 9.17) is 5.11 Å². The molecule has 2 aromatic rings. The molecule has 1 heterocycles. The van der Waals surface area contributed by atoms with E-state index in [9.17, 15) is 9.59 Å². The molecule has 1 aromatic carbocycles. The van der Waals surface area contributed by atoms with Crippen LogP contribution in [0.5, 0.6) is 0 Å². The highest BCUT2D eigenvalue weighted by atomic mass is 16.4. The second-order valence-corrected chi connectivity index (χ2v) is 6.33. The van der Waals surface area contributed by atoms with Crippen molar-refractivity contribution < 1.29 is 9.90 Å². The Morgan fingerprint density at radius 1 is 1.36 bits per heavy atom. The quantitative estimate of drug-likeness (QED) is 0.942. The normalized spacial score (nSPS) is 15.2. The highest BCUT2D eigenvalue weighted by molar-refractivity contribution is 5.85. The van der Waals surface area contributed by atoms with E-state index in [1.807, 2.05) is 26.0 Å². The first-order valence-electron chi connectivity index (χ1n) is 7.74. The molecule has 116 valence electrons. The van der Waals surface area contributed by atoms with E-state index in [1.165, 1.54) is 24.8 Å². The van der Waals surface area contributed by atoms with Crippen LogP contribution >= 0.6 is 0 Å². The van der Waals surface area contributed by atoms with Crippen LogP contribution in [-0.4, -0.2) is 20.9 Å². The monoisotopic (exact) mass is 300 g/mol. The zero-order chi connectivity index (χ0) is 15.9. The minimum atomic E-state index is -1.06. The third-order valence-electron chi connectivity index (χ3n) is 4.42. The van der Waals surface area contributed by atoms with Crippen LogP contribution in [0.4, 0.5) is 0 Å². The number of carboxylic acids is 1. The van der Waals surface area contributed by atoms with Gasteiger partial charge >= 0.3 is 5.97 Å². The fourth-order valence-electron chi connectivity index (χ4n) is 2.99. The molecule has 1 fully saturated rings. The van der Waals surface area contributed by atoms with Crippen molar-refractivity contribution in [1.29, 1.82) is 0 Å². The number of hydrogen-bond acceptors (Lipinski definition) is 3. The number of aromatic nitrogens is 2. The van der Waals surface area contributed by atoms with Crippen molar-refractivity contribution in [3.05, 3.63) is 39.8 Å². The van der Waals surface area contributed by atoms with Crippen LogP contribution in [0.15, 0.2) is 23.0 Å². The van der Waals surface area contributed by atoms with Crippen LogP contribution in [0.25, 0.3) is 10.8 Å². The van der Waals surface area contributed by atoms with Gasteiger partial charge in [-0.15, -0.1) is 0 Å². The highest BCUT2D eigenvalue weighted by Crippen LogP contribution is 2.37. The van der Waals surface area contributed by atoms with Crippen molar-refractivity contribution >= 4 is 16.7 Å². The zero-order valence-corrected chi connectivity index (χ0v) is 12.9. The van der Waals surface area contributed by atoms with Gasteiger partial charge in [0.2, 0.25) is 0 Å². The summed E-state index contributed by atoms with van der Waals surface area (Å²) in [4.78, 5) is 23.4. The number of carbonyl (C=O) groups is 1. The summed E-state index contributed by atoms with van der Waals surface area (Å²) in [6.45, 7) is 3.61. The van der Waals surface area contributed by atoms with E-state index in [0.717, 1.165) is 15.8 Å². The van der Waals surface area contributed by atoms with E-state index in [1.54, 1.807) is 0 Å². The van der Waals surface area contributed by atoms with E-state index in [-0.39, 0.29) is 11.5 Å². The third kappa shape index (κ3) is 2.51. The summed E-state index contributed by atoms with van der Waals surface area (Å²) in [5.41, 5.74) is 1.72. The predicted molar refractivity (Wildman–Crippen MR) is 84.3 cm³/mol. The second-order valence-electron chi connectivity index (χ2n) is 6.33. The summed E-state index contributed by atoms with van der Waals surface area (Å²) >= 11 is 0. The van der Waals surface area contributed by atoms with Crippen molar-refractivity contribution in [3.63, 3.8) is 0 Å². The number of hydrogen-bond donors (Lipinski definition) is 1. The minimum absolute atomic E-state index is 0.125. The summed E-state index contributed by atoms with van der Waals surface area (Å²) < 4.78 is 1.06. The van der Waals surface area contributed by atoms with Gasteiger partial charge in [-0.1, -0.05) is 26.3 Å². The van der Waals surface area contributed by atoms with Gasteiger partial charge in [-0.2, -0.15) is 5.10 Å². The molecule has 1 aliphatic carbocycles. The number of nitrogens with zero attached hydrogens (tertiary/aromatic N) is 2. The van der Waals surface area contributed by atoms with Crippen molar-refractivity contribution in [3.8, 4) is 0 Å². The smallest absolute Gasteiger partial charge is 0.325 e. The molecular formula is C17H20N2O3. The van der Waals surface area contributed by atoms with E-state index < -0.39 is 12.5 Å². The average molecular weight is 300 g/mol. The number of benzene rings is 1. The summed E-state index contributed by atoms with van der Waals surface area (Å²) in [6.07, 6.45) is 3.66. The molecule has 5 heteroatoms. The summed E-state index contributed by atoms with van der Waals surface area (Å²) in [6, 6.07) is 5.91. The average Bonchev–Trinajstić information content (AvgIpc) is 2.39. The van der Waals surface area contributed by atoms with Crippen LogP contribution in [0, 0.1) is 0 Å². The van der Waals surface area contributed by atoms with Crippen LogP contribution in [-0.2, 0) is 11.3 Å². The topological polar surface area (TPSA) is 72.2 Å². The highest BCUT2D eigenvalue weighted by Gasteiger charge is 2.21. The Kier molecular flexibility index (Phi) is 3.72. The van der Waals surface area contributed by atoms with E-state index in [2.05, 4.69) is 11.2 Å². The van der Waals surface area contributed by atoms with Gasteiger partial charge in [0, 0.05) is 5.39 Å². The van der Waals surface area contributed by atoms with Crippen LogP contribution in [0.2, 0.25) is 0 Å². The Morgan fingerprint density at radius 3 is 2.64 bits per heavy atom. The second kappa shape index (κ2) is 5.55. The lowest BCUT2D eigenvalue weighted by atomic mass is 9.79. The maximum atomic E-state index is 12.4. The molecule has 0 aliphatic heterocycles. The fraction of sp³-hybridized carbons (Fsp3) is 0.471.